The van der Waals surface area contributed by atoms with Gasteiger partial charge in [-0.2, -0.15) is 4.68 Å². The summed E-state index contributed by atoms with van der Waals surface area (Å²) < 4.78 is 71.7. The van der Waals surface area contributed by atoms with Gasteiger partial charge >= 0.3 is 6.09 Å². The first kappa shape index (κ1) is 36.6. The number of fused-ring (bicyclic) bond motifs is 1. The number of rotatable bonds is 13. The van der Waals surface area contributed by atoms with Crippen molar-refractivity contribution in [2.45, 2.75) is 29.7 Å². The molecule has 2 heterocycles. The Bertz CT molecular complexity index is 1940. The number of carbonyl (C=O) groups excluding carboxylic acids is 2. The molecule has 4 aromatic rings. The summed E-state index contributed by atoms with van der Waals surface area (Å²) in [4.78, 5) is 30.6. The van der Waals surface area contributed by atoms with Crippen LogP contribution in [0.1, 0.15) is 24.2 Å². The van der Waals surface area contributed by atoms with Crippen molar-refractivity contribution >= 4 is 49.9 Å². The fraction of sp³-hybridized carbons (Fsp3) is 0.382. The van der Waals surface area contributed by atoms with Crippen LogP contribution in [-0.4, -0.2) is 108 Å². The number of anilines is 3. The summed E-state index contributed by atoms with van der Waals surface area (Å²) in [6.07, 6.45) is -0.898. The number of benzene rings is 3. The van der Waals surface area contributed by atoms with E-state index in [4.69, 9.17) is 14.2 Å². The summed E-state index contributed by atoms with van der Waals surface area (Å²) in [5.74, 6) is -2.88. The van der Waals surface area contributed by atoms with Crippen LogP contribution in [-0.2, 0) is 24.0 Å². The van der Waals surface area contributed by atoms with Gasteiger partial charge in [-0.15, -0.1) is 5.10 Å². The molecule has 0 radical (unpaired) electrons. The molecule has 1 unspecified atom stereocenters. The zero-order chi connectivity index (χ0) is 36.0. The van der Waals surface area contributed by atoms with E-state index < -0.39 is 38.4 Å². The van der Waals surface area contributed by atoms with Crippen LogP contribution in [0.2, 0.25) is 0 Å². The number of aromatic nitrogens is 2. The minimum absolute atomic E-state index is 0.0642. The Morgan fingerprint density at radius 1 is 0.960 bits per heavy atom. The number of nitrogens with one attached hydrogen (secondary N) is 2. The van der Waals surface area contributed by atoms with Crippen molar-refractivity contribution in [2.75, 3.05) is 82.3 Å². The van der Waals surface area contributed by atoms with Gasteiger partial charge in [0.05, 0.1) is 34.1 Å². The normalized spacial score (nSPS) is 14.5. The van der Waals surface area contributed by atoms with Crippen LogP contribution in [0.4, 0.5) is 30.8 Å². The van der Waals surface area contributed by atoms with Crippen LogP contribution >= 0.6 is 0 Å². The molecular formula is C34H40F2N6O7S. The summed E-state index contributed by atoms with van der Waals surface area (Å²) in [7, 11) is -0.798. The monoisotopic (exact) mass is 714 g/mol. The van der Waals surface area contributed by atoms with Gasteiger partial charge in [0.25, 0.3) is 5.91 Å². The van der Waals surface area contributed by atoms with Gasteiger partial charge in [0.2, 0.25) is 9.84 Å². The third-order valence-electron chi connectivity index (χ3n) is 8.10. The molecule has 16 heteroatoms. The minimum Gasteiger partial charge on any atom is -0.445 e. The van der Waals surface area contributed by atoms with Gasteiger partial charge in [0.1, 0.15) is 18.2 Å². The third-order valence-corrected chi connectivity index (χ3v) is 9.84. The number of nitrogens with zero attached hydrogens (tertiary/aromatic N) is 4. The molecule has 0 aliphatic carbocycles. The molecule has 3 aromatic carbocycles. The van der Waals surface area contributed by atoms with Crippen LogP contribution in [0, 0.1) is 11.6 Å². The molecule has 50 heavy (non-hydrogen) atoms. The standard InChI is InChI=1S/C34H40F2N6O7S/c1-5-48-14-15-49-34(44)42-31-9-7-26(50(45,46)27-17-23(35)16-24(36)18-27)20-29(31)32(39-42)38-33(43)28-8-6-25(41-12-10-40(3)11-13-41)19-30(28)37-22(2)21-47-4/h6-9,16-20,22,37H,5,10-15,21H2,1-4H3,(H,38,39,43). The highest BCUT2D eigenvalue weighted by Crippen LogP contribution is 2.32. The predicted molar refractivity (Wildman–Crippen MR) is 184 cm³/mol. The lowest BCUT2D eigenvalue weighted by Gasteiger charge is -2.34. The molecule has 0 spiro atoms. The fourth-order valence-electron chi connectivity index (χ4n) is 5.55. The Labute approximate surface area is 289 Å². The maximum atomic E-state index is 14.0. The Kier molecular flexibility index (Phi) is 11.7. The van der Waals surface area contributed by atoms with Gasteiger partial charge in [-0.3, -0.25) is 4.79 Å². The van der Waals surface area contributed by atoms with Gasteiger partial charge in [-0.25, -0.2) is 22.0 Å². The lowest BCUT2D eigenvalue weighted by atomic mass is 10.1. The Morgan fingerprint density at radius 2 is 1.68 bits per heavy atom. The molecule has 1 saturated heterocycles. The molecule has 0 saturated carbocycles. The number of ether oxygens (including phenoxy) is 3. The second-order valence-corrected chi connectivity index (χ2v) is 13.8. The maximum absolute atomic E-state index is 14.0. The molecule has 1 fully saturated rings. The SMILES string of the molecule is CCOCCOC(=O)n1nc(NC(=O)c2ccc(N3CCN(C)CC3)cc2NC(C)COC)c2cc(S(=O)(=O)c3cc(F)cc(F)c3)ccc21. The highest BCUT2D eigenvalue weighted by atomic mass is 32.2. The number of methoxy groups -OCH3 is 1. The lowest BCUT2D eigenvalue weighted by Crippen LogP contribution is -2.44. The molecule has 1 aliphatic rings. The van der Waals surface area contributed by atoms with E-state index in [0.29, 0.717) is 37.1 Å². The molecule has 2 N–H and O–H groups in total. The van der Waals surface area contributed by atoms with Crippen LogP contribution < -0.4 is 15.5 Å². The largest absolute Gasteiger partial charge is 0.445 e. The average Bonchev–Trinajstić information content (AvgIpc) is 3.44. The van der Waals surface area contributed by atoms with E-state index in [1.165, 1.54) is 18.2 Å². The van der Waals surface area contributed by atoms with Gasteiger partial charge in [0.15, 0.2) is 5.82 Å². The highest BCUT2D eigenvalue weighted by molar-refractivity contribution is 7.91. The first-order valence-electron chi connectivity index (χ1n) is 16.0. The number of halogens is 2. The van der Waals surface area contributed by atoms with E-state index in [1.807, 2.05) is 19.1 Å². The highest BCUT2D eigenvalue weighted by Gasteiger charge is 2.26. The van der Waals surface area contributed by atoms with Crippen molar-refractivity contribution < 1.29 is 41.0 Å². The van der Waals surface area contributed by atoms with Crippen LogP contribution in [0.3, 0.4) is 0 Å². The maximum Gasteiger partial charge on any atom is 0.435 e. The number of sulfone groups is 1. The zero-order valence-corrected chi connectivity index (χ0v) is 29.1. The van der Waals surface area contributed by atoms with Gasteiger partial charge in [-0.05, 0) is 69.4 Å². The summed E-state index contributed by atoms with van der Waals surface area (Å²) in [5.41, 5.74) is 1.82. The van der Waals surface area contributed by atoms with E-state index in [-0.39, 0.29) is 46.4 Å². The summed E-state index contributed by atoms with van der Waals surface area (Å²) in [6, 6.07) is 10.9. The molecule has 268 valence electrons. The summed E-state index contributed by atoms with van der Waals surface area (Å²) >= 11 is 0. The van der Waals surface area contributed by atoms with E-state index in [2.05, 4.69) is 32.6 Å². The van der Waals surface area contributed by atoms with Crippen molar-refractivity contribution in [3.05, 3.63) is 71.8 Å². The van der Waals surface area contributed by atoms with Gasteiger partial charge < -0.3 is 34.6 Å². The van der Waals surface area contributed by atoms with Gasteiger partial charge in [-0.1, -0.05) is 0 Å². The number of hydrogen-bond donors (Lipinski definition) is 2. The molecule has 13 nitrogen and oxygen atoms in total. The van der Waals surface area contributed by atoms with Crippen LogP contribution in [0.15, 0.2) is 64.4 Å². The number of carbonyl (C=O) groups is 2. The first-order valence-corrected chi connectivity index (χ1v) is 17.5. The Hall–Kier alpha value is -4.64. The van der Waals surface area contributed by atoms with E-state index in [0.717, 1.165) is 36.5 Å². The van der Waals surface area contributed by atoms with Crippen molar-refractivity contribution in [3.63, 3.8) is 0 Å². The van der Waals surface area contributed by atoms with E-state index >= 15 is 0 Å². The third kappa shape index (κ3) is 8.38. The summed E-state index contributed by atoms with van der Waals surface area (Å²) in [6.45, 7) is 7.95. The fourth-order valence-corrected chi connectivity index (χ4v) is 6.88. The topological polar surface area (TPSA) is 144 Å². The molecule has 1 aliphatic heterocycles. The number of likely N-dealkylation sites (N-methyl/N-ethyl adjacent to an activating group) is 1. The predicted octanol–water partition coefficient (Wildman–Crippen LogP) is 4.62. The summed E-state index contributed by atoms with van der Waals surface area (Å²) in [5, 5.41) is 10.4. The second kappa shape index (κ2) is 15.9. The van der Waals surface area contributed by atoms with Crippen LogP contribution in [0.25, 0.3) is 10.9 Å². The van der Waals surface area contributed by atoms with Crippen LogP contribution in [0.5, 0.6) is 0 Å². The Balaban J connectivity index is 1.54. The molecule has 0 bridgehead atoms. The number of amides is 1. The molecule has 1 aromatic heterocycles. The van der Waals surface area contributed by atoms with Crippen molar-refractivity contribution in [1.29, 1.82) is 0 Å². The average molecular weight is 715 g/mol. The quantitative estimate of drug-likeness (QED) is 0.187. The minimum atomic E-state index is -4.44. The van der Waals surface area contributed by atoms with Crippen molar-refractivity contribution in [1.82, 2.24) is 14.7 Å². The van der Waals surface area contributed by atoms with Crippen molar-refractivity contribution in [2.24, 2.45) is 0 Å². The van der Waals surface area contributed by atoms with E-state index in [1.54, 1.807) is 20.1 Å². The lowest BCUT2D eigenvalue weighted by molar-refractivity contribution is 0.0786. The number of hydrogen-bond acceptors (Lipinski definition) is 11. The number of piperazine rings is 1. The van der Waals surface area contributed by atoms with E-state index in [9.17, 15) is 26.8 Å². The smallest absolute Gasteiger partial charge is 0.435 e. The second-order valence-electron chi connectivity index (χ2n) is 11.8. The molecule has 5 rings (SSSR count). The van der Waals surface area contributed by atoms with Crippen molar-refractivity contribution in [3.8, 4) is 0 Å². The first-order chi connectivity index (χ1) is 23.9. The molecule has 1 atom stereocenters. The molecular weight excluding hydrogens is 674 g/mol. The zero-order valence-electron chi connectivity index (χ0n) is 28.2. The van der Waals surface area contributed by atoms with Gasteiger partial charge in [0, 0.05) is 68.8 Å². The molecule has 1 amide bonds. The Morgan fingerprint density at radius 3 is 2.36 bits per heavy atom.